The fourth-order valence-corrected chi connectivity index (χ4v) is 3.20. The van der Waals surface area contributed by atoms with Gasteiger partial charge >= 0.3 is 0 Å². The molecular formula is C23H26N4O2. The maximum atomic E-state index is 12.8. The maximum absolute atomic E-state index is 12.8. The van der Waals surface area contributed by atoms with Crippen LogP contribution in [-0.2, 0) is 23.3 Å². The van der Waals surface area contributed by atoms with E-state index in [9.17, 15) is 4.79 Å². The van der Waals surface area contributed by atoms with Crippen LogP contribution in [0.15, 0.2) is 73.3 Å². The molecule has 3 N–H and O–H groups in total. The van der Waals surface area contributed by atoms with Crippen molar-refractivity contribution in [1.82, 2.24) is 15.3 Å². The second-order valence-electron chi connectivity index (χ2n) is 6.89. The van der Waals surface area contributed by atoms with Gasteiger partial charge in [-0.1, -0.05) is 25.1 Å². The van der Waals surface area contributed by atoms with Crippen molar-refractivity contribution in [3.63, 3.8) is 0 Å². The SMILES string of the molecule is CCCOc1ccc(C(Cc2cccnc2)(NCc2ccncc2)C(N)=O)cc1. The van der Waals surface area contributed by atoms with Gasteiger partial charge in [0.1, 0.15) is 11.3 Å². The molecule has 150 valence electrons. The first-order valence-electron chi connectivity index (χ1n) is 9.70. The number of nitrogens with one attached hydrogen (secondary N) is 1. The number of hydrogen-bond acceptors (Lipinski definition) is 5. The van der Waals surface area contributed by atoms with Crippen molar-refractivity contribution in [2.24, 2.45) is 5.73 Å². The Labute approximate surface area is 171 Å². The van der Waals surface area contributed by atoms with E-state index in [1.54, 1.807) is 24.8 Å². The number of amides is 1. The van der Waals surface area contributed by atoms with Crippen molar-refractivity contribution >= 4 is 5.91 Å². The van der Waals surface area contributed by atoms with Gasteiger partial charge in [0.2, 0.25) is 5.91 Å². The number of carbonyl (C=O) groups is 1. The summed E-state index contributed by atoms with van der Waals surface area (Å²) >= 11 is 0. The number of primary amides is 1. The number of ether oxygens (including phenoxy) is 1. The molecule has 0 saturated carbocycles. The van der Waals surface area contributed by atoms with E-state index in [0.29, 0.717) is 19.6 Å². The monoisotopic (exact) mass is 390 g/mol. The third-order valence-corrected chi connectivity index (χ3v) is 4.78. The van der Waals surface area contributed by atoms with E-state index in [-0.39, 0.29) is 0 Å². The Balaban J connectivity index is 1.95. The van der Waals surface area contributed by atoms with E-state index in [0.717, 1.165) is 28.9 Å². The minimum atomic E-state index is -1.09. The minimum absolute atomic E-state index is 0.385. The van der Waals surface area contributed by atoms with Gasteiger partial charge < -0.3 is 10.5 Å². The summed E-state index contributed by atoms with van der Waals surface area (Å²) in [6.07, 6.45) is 8.23. The van der Waals surface area contributed by atoms with Gasteiger partial charge in [0, 0.05) is 37.8 Å². The number of carbonyl (C=O) groups excluding carboxylic acids is 1. The van der Waals surface area contributed by atoms with Gasteiger partial charge in [-0.15, -0.1) is 0 Å². The molecule has 6 nitrogen and oxygen atoms in total. The predicted octanol–water partition coefficient (Wildman–Crippen LogP) is 2.98. The Bertz CT molecular complexity index is 901. The standard InChI is InChI=1S/C23H26N4O2/c1-2-14-29-21-7-5-20(6-8-21)23(22(24)28,15-19-4-3-11-26-16-19)27-17-18-9-12-25-13-10-18/h3-13,16,27H,2,14-15,17H2,1H3,(H2,24,28). The predicted molar refractivity (Wildman–Crippen MR) is 112 cm³/mol. The average molecular weight is 390 g/mol. The molecule has 0 aliphatic carbocycles. The first-order chi connectivity index (χ1) is 14.1. The molecule has 0 radical (unpaired) electrons. The van der Waals surface area contributed by atoms with Crippen molar-refractivity contribution in [2.45, 2.75) is 31.8 Å². The molecule has 3 rings (SSSR count). The van der Waals surface area contributed by atoms with Gasteiger partial charge in [0.25, 0.3) is 0 Å². The quantitative estimate of drug-likeness (QED) is 0.555. The van der Waals surface area contributed by atoms with Crippen molar-refractivity contribution in [2.75, 3.05) is 6.61 Å². The van der Waals surface area contributed by atoms with E-state index >= 15 is 0 Å². The van der Waals surface area contributed by atoms with E-state index in [4.69, 9.17) is 10.5 Å². The molecule has 1 aromatic carbocycles. The fourth-order valence-electron chi connectivity index (χ4n) is 3.20. The van der Waals surface area contributed by atoms with E-state index in [1.807, 2.05) is 48.5 Å². The maximum Gasteiger partial charge on any atom is 0.242 e. The number of nitrogens with zero attached hydrogens (tertiary/aromatic N) is 2. The first kappa shape index (κ1) is 20.5. The van der Waals surface area contributed by atoms with Crippen LogP contribution in [0.3, 0.4) is 0 Å². The summed E-state index contributed by atoms with van der Waals surface area (Å²) in [5, 5.41) is 3.41. The lowest BCUT2D eigenvalue weighted by Gasteiger charge is -2.33. The number of aromatic nitrogens is 2. The summed E-state index contributed by atoms with van der Waals surface area (Å²) in [7, 11) is 0. The van der Waals surface area contributed by atoms with Crippen LogP contribution in [0.1, 0.15) is 30.0 Å². The molecule has 2 aromatic heterocycles. The van der Waals surface area contributed by atoms with Gasteiger partial charge in [0.05, 0.1) is 6.61 Å². The minimum Gasteiger partial charge on any atom is -0.494 e. The smallest absolute Gasteiger partial charge is 0.242 e. The van der Waals surface area contributed by atoms with Crippen molar-refractivity contribution in [3.05, 3.63) is 90.0 Å². The van der Waals surface area contributed by atoms with Gasteiger partial charge in [-0.3, -0.25) is 20.1 Å². The zero-order valence-corrected chi connectivity index (χ0v) is 16.5. The Hall–Kier alpha value is -3.25. The van der Waals surface area contributed by atoms with Crippen LogP contribution in [0.25, 0.3) is 0 Å². The Kier molecular flexibility index (Phi) is 6.92. The van der Waals surface area contributed by atoms with E-state index in [1.165, 1.54) is 0 Å². The molecule has 3 aromatic rings. The van der Waals surface area contributed by atoms with Gasteiger partial charge in [-0.25, -0.2) is 0 Å². The van der Waals surface area contributed by atoms with Crippen LogP contribution >= 0.6 is 0 Å². The second kappa shape index (κ2) is 9.80. The topological polar surface area (TPSA) is 90.1 Å². The highest BCUT2D eigenvalue weighted by Gasteiger charge is 2.38. The molecule has 0 aliphatic rings. The highest BCUT2D eigenvalue weighted by atomic mass is 16.5. The summed E-state index contributed by atoms with van der Waals surface area (Å²) in [6.45, 7) is 3.18. The lowest BCUT2D eigenvalue weighted by Crippen LogP contribution is -2.54. The third kappa shape index (κ3) is 5.18. The largest absolute Gasteiger partial charge is 0.494 e. The number of nitrogens with two attached hydrogens (primary N) is 1. The van der Waals surface area contributed by atoms with E-state index in [2.05, 4.69) is 22.2 Å². The summed E-state index contributed by atoms with van der Waals surface area (Å²) in [6, 6.07) is 15.1. The van der Waals surface area contributed by atoms with Gasteiger partial charge in [-0.2, -0.15) is 0 Å². The average Bonchev–Trinajstić information content (AvgIpc) is 2.77. The molecule has 29 heavy (non-hydrogen) atoms. The molecule has 0 saturated heterocycles. The molecule has 6 heteroatoms. The molecule has 0 aliphatic heterocycles. The summed E-state index contributed by atoms with van der Waals surface area (Å²) in [4.78, 5) is 21.0. The van der Waals surface area contributed by atoms with Gasteiger partial charge in [-0.05, 0) is 53.4 Å². The van der Waals surface area contributed by atoms with Crippen LogP contribution < -0.4 is 15.8 Å². The van der Waals surface area contributed by atoms with Crippen LogP contribution in [-0.4, -0.2) is 22.5 Å². The first-order valence-corrected chi connectivity index (χ1v) is 9.70. The Morgan fingerprint density at radius 2 is 1.79 bits per heavy atom. The lowest BCUT2D eigenvalue weighted by molar-refractivity contribution is -0.125. The van der Waals surface area contributed by atoms with Crippen molar-refractivity contribution < 1.29 is 9.53 Å². The second-order valence-corrected chi connectivity index (χ2v) is 6.89. The third-order valence-electron chi connectivity index (χ3n) is 4.78. The highest BCUT2D eigenvalue weighted by Crippen LogP contribution is 2.28. The van der Waals surface area contributed by atoms with Crippen LogP contribution in [0, 0.1) is 0 Å². The zero-order valence-electron chi connectivity index (χ0n) is 16.5. The van der Waals surface area contributed by atoms with Crippen LogP contribution in [0.5, 0.6) is 5.75 Å². The summed E-state index contributed by atoms with van der Waals surface area (Å²) in [5.74, 6) is 0.321. The Morgan fingerprint density at radius 1 is 1.03 bits per heavy atom. The zero-order chi connectivity index (χ0) is 20.5. The van der Waals surface area contributed by atoms with Gasteiger partial charge in [0.15, 0.2) is 0 Å². The van der Waals surface area contributed by atoms with Crippen LogP contribution in [0.2, 0.25) is 0 Å². The number of hydrogen-bond donors (Lipinski definition) is 2. The summed E-state index contributed by atoms with van der Waals surface area (Å²) in [5.41, 5.74) is 7.60. The molecule has 1 atom stereocenters. The number of benzene rings is 1. The lowest BCUT2D eigenvalue weighted by atomic mass is 9.83. The van der Waals surface area contributed by atoms with Crippen molar-refractivity contribution in [1.29, 1.82) is 0 Å². The normalized spacial score (nSPS) is 12.9. The number of rotatable bonds is 10. The number of pyridine rings is 2. The molecule has 0 spiro atoms. The highest BCUT2D eigenvalue weighted by molar-refractivity contribution is 5.86. The molecule has 2 heterocycles. The molecule has 0 fully saturated rings. The van der Waals surface area contributed by atoms with Crippen molar-refractivity contribution in [3.8, 4) is 5.75 Å². The molecule has 1 unspecified atom stereocenters. The summed E-state index contributed by atoms with van der Waals surface area (Å²) < 4.78 is 5.68. The van der Waals surface area contributed by atoms with Crippen LogP contribution in [0.4, 0.5) is 0 Å². The molecule has 0 bridgehead atoms. The van der Waals surface area contributed by atoms with E-state index < -0.39 is 11.4 Å². The molecule has 1 amide bonds. The fraction of sp³-hybridized carbons (Fsp3) is 0.261. The Morgan fingerprint density at radius 3 is 2.41 bits per heavy atom. The molecular weight excluding hydrogens is 364 g/mol.